The molecule has 120 valence electrons. The molecule has 0 radical (unpaired) electrons. The van der Waals surface area contributed by atoms with E-state index in [0.717, 1.165) is 29.9 Å². The van der Waals surface area contributed by atoms with Crippen LogP contribution in [0.25, 0.3) is 0 Å². The molecule has 2 rings (SSSR count). The first-order chi connectivity index (χ1) is 10.5. The predicted molar refractivity (Wildman–Crippen MR) is 87.9 cm³/mol. The number of hydrogen-bond acceptors (Lipinski definition) is 3. The molecular weight excluding hydrogens is 278 g/mol. The number of nitrogens with zero attached hydrogens (tertiary/aromatic N) is 2. The Kier molecular flexibility index (Phi) is 5.55. The lowest BCUT2D eigenvalue weighted by molar-refractivity contribution is -0.132. The summed E-state index contributed by atoms with van der Waals surface area (Å²) in [6.07, 6.45) is 0.549. The monoisotopic (exact) mass is 303 g/mol. The van der Waals surface area contributed by atoms with Gasteiger partial charge in [0.2, 0.25) is 11.8 Å². The number of benzene rings is 1. The van der Waals surface area contributed by atoms with Crippen molar-refractivity contribution in [2.75, 3.05) is 38.0 Å². The topological polar surface area (TPSA) is 52.7 Å². The molecule has 1 saturated heterocycles. The van der Waals surface area contributed by atoms with Gasteiger partial charge >= 0.3 is 0 Å². The van der Waals surface area contributed by atoms with E-state index in [9.17, 15) is 9.59 Å². The minimum atomic E-state index is 0.00710. The zero-order chi connectivity index (χ0) is 16.1. The zero-order valence-electron chi connectivity index (χ0n) is 13.7. The highest BCUT2D eigenvalue weighted by molar-refractivity contribution is 5.93. The third kappa shape index (κ3) is 4.07. The van der Waals surface area contributed by atoms with E-state index in [1.165, 1.54) is 0 Å². The lowest BCUT2D eigenvalue weighted by Gasteiger charge is -2.34. The van der Waals surface area contributed by atoms with Crippen LogP contribution in [0.5, 0.6) is 0 Å². The van der Waals surface area contributed by atoms with E-state index in [1.807, 2.05) is 43.9 Å². The van der Waals surface area contributed by atoms with Gasteiger partial charge < -0.3 is 10.2 Å². The van der Waals surface area contributed by atoms with Crippen molar-refractivity contribution in [3.8, 4) is 0 Å². The Morgan fingerprint density at radius 3 is 2.23 bits per heavy atom. The minimum absolute atomic E-state index is 0.00710. The molecule has 22 heavy (non-hydrogen) atoms. The molecule has 0 bridgehead atoms. The maximum absolute atomic E-state index is 12.2. The number of rotatable bonds is 4. The van der Waals surface area contributed by atoms with Crippen LogP contribution in [0.1, 0.15) is 24.5 Å². The van der Waals surface area contributed by atoms with Crippen LogP contribution in [0, 0.1) is 13.8 Å². The number of piperazine rings is 1. The maximum atomic E-state index is 12.2. The van der Waals surface area contributed by atoms with Gasteiger partial charge in [-0.05, 0) is 25.0 Å². The van der Waals surface area contributed by atoms with Crippen LogP contribution in [0.3, 0.4) is 0 Å². The maximum Gasteiger partial charge on any atom is 0.238 e. The second-order valence-corrected chi connectivity index (χ2v) is 5.83. The average molecular weight is 303 g/mol. The molecule has 0 aliphatic carbocycles. The Balaban J connectivity index is 1.85. The molecule has 1 fully saturated rings. The van der Waals surface area contributed by atoms with Crippen molar-refractivity contribution in [3.05, 3.63) is 29.3 Å². The summed E-state index contributed by atoms with van der Waals surface area (Å²) in [7, 11) is 0. The average Bonchev–Trinajstić information content (AvgIpc) is 2.51. The van der Waals surface area contributed by atoms with Crippen molar-refractivity contribution in [1.82, 2.24) is 9.80 Å². The lowest BCUT2D eigenvalue weighted by Crippen LogP contribution is -2.50. The second kappa shape index (κ2) is 7.40. The predicted octanol–water partition coefficient (Wildman–Crippen LogP) is 1.80. The van der Waals surface area contributed by atoms with Crippen LogP contribution in [0.15, 0.2) is 18.2 Å². The van der Waals surface area contributed by atoms with Gasteiger partial charge in [-0.15, -0.1) is 0 Å². The fraction of sp³-hybridized carbons (Fsp3) is 0.529. The quantitative estimate of drug-likeness (QED) is 0.923. The van der Waals surface area contributed by atoms with Crippen LogP contribution in [-0.4, -0.2) is 54.3 Å². The van der Waals surface area contributed by atoms with E-state index >= 15 is 0 Å². The SMILES string of the molecule is CCC(=O)N1CCN(CC(=O)Nc2c(C)cccc2C)CC1. The molecule has 1 aromatic carbocycles. The molecule has 0 aromatic heterocycles. The fourth-order valence-electron chi connectivity index (χ4n) is 2.77. The largest absolute Gasteiger partial charge is 0.340 e. The van der Waals surface area contributed by atoms with Crippen molar-refractivity contribution >= 4 is 17.5 Å². The van der Waals surface area contributed by atoms with Crippen molar-refractivity contribution < 1.29 is 9.59 Å². The zero-order valence-corrected chi connectivity index (χ0v) is 13.7. The molecular formula is C17H25N3O2. The summed E-state index contributed by atoms with van der Waals surface area (Å²) in [5.74, 6) is 0.201. The molecule has 1 aromatic rings. The Hall–Kier alpha value is -1.88. The van der Waals surface area contributed by atoms with Gasteiger partial charge in [-0.25, -0.2) is 0 Å². The molecule has 2 amide bonds. The van der Waals surface area contributed by atoms with Gasteiger partial charge in [0, 0.05) is 38.3 Å². The van der Waals surface area contributed by atoms with Crippen LogP contribution in [0.2, 0.25) is 0 Å². The fourth-order valence-corrected chi connectivity index (χ4v) is 2.77. The highest BCUT2D eigenvalue weighted by Gasteiger charge is 2.21. The van der Waals surface area contributed by atoms with Gasteiger partial charge in [-0.2, -0.15) is 0 Å². The summed E-state index contributed by atoms with van der Waals surface area (Å²) in [4.78, 5) is 27.8. The molecule has 1 N–H and O–H groups in total. The molecule has 1 aliphatic heterocycles. The van der Waals surface area contributed by atoms with E-state index in [0.29, 0.717) is 26.1 Å². The Labute approximate surface area is 132 Å². The number of carbonyl (C=O) groups excluding carboxylic acids is 2. The van der Waals surface area contributed by atoms with Gasteiger partial charge in [0.15, 0.2) is 0 Å². The number of aryl methyl sites for hydroxylation is 2. The number of carbonyl (C=O) groups is 2. The van der Waals surface area contributed by atoms with Crippen molar-refractivity contribution in [2.24, 2.45) is 0 Å². The second-order valence-electron chi connectivity index (χ2n) is 5.83. The normalized spacial score (nSPS) is 15.7. The van der Waals surface area contributed by atoms with Crippen molar-refractivity contribution in [1.29, 1.82) is 0 Å². The molecule has 5 heteroatoms. The van der Waals surface area contributed by atoms with E-state index in [-0.39, 0.29) is 11.8 Å². The van der Waals surface area contributed by atoms with Gasteiger partial charge in [0.1, 0.15) is 0 Å². The Bertz CT molecular complexity index is 529. The number of nitrogens with one attached hydrogen (secondary N) is 1. The standard InChI is InChI=1S/C17H25N3O2/c1-4-16(22)20-10-8-19(9-11-20)12-15(21)18-17-13(2)6-5-7-14(17)3/h5-7H,4,8-12H2,1-3H3,(H,18,21). The molecule has 0 unspecified atom stereocenters. The van der Waals surface area contributed by atoms with Crippen LogP contribution < -0.4 is 5.32 Å². The van der Waals surface area contributed by atoms with Gasteiger partial charge in [0.05, 0.1) is 6.54 Å². The summed E-state index contributed by atoms with van der Waals surface area (Å²) >= 11 is 0. The number of amides is 2. The minimum Gasteiger partial charge on any atom is -0.340 e. The van der Waals surface area contributed by atoms with Crippen molar-refractivity contribution in [3.63, 3.8) is 0 Å². The van der Waals surface area contributed by atoms with E-state index in [4.69, 9.17) is 0 Å². The summed E-state index contributed by atoms with van der Waals surface area (Å²) in [6.45, 7) is 9.19. The van der Waals surface area contributed by atoms with E-state index in [1.54, 1.807) is 0 Å². The highest BCUT2D eigenvalue weighted by Crippen LogP contribution is 2.19. The Morgan fingerprint density at radius 1 is 1.09 bits per heavy atom. The van der Waals surface area contributed by atoms with Crippen LogP contribution in [0.4, 0.5) is 5.69 Å². The molecule has 1 heterocycles. The molecule has 0 atom stereocenters. The van der Waals surface area contributed by atoms with Crippen molar-refractivity contribution in [2.45, 2.75) is 27.2 Å². The summed E-state index contributed by atoms with van der Waals surface area (Å²) in [6, 6.07) is 5.99. The number of hydrogen-bond donors (Lipinski definition) is 1. The molecule has 5 nitrogen and oxygen atoms in total. The number of para-hydroxylation sites is 1. The Morgan fingerprint density at radius 2 is 1.68 bits per heavy atom. The molecule has 1 aliphatic rings. The van der Waals surface area contributed by atoms with E-state index < -0.39 is 0 Å². The first kappa shape index (κ1) is 16.5. The number of anilines is 1. The third-order valence-electron chi connectivity index (χ3n) is 4.14. The van der Waals surface area contributed by atoms with E-state index in [2.05, 4.69) is 10.2 Å². The smallest absolute Gasteiger partial charge is 0.238 e. The highest BCUT2D eigenvalue weighted by atomic mass is 16.2. The first-order valence-corrected chi connectivity index (χ1v) is 7.87. The summed E-state index contributed by atoms with van der Waals surface area (Å²) in [5, 5.41) is 3.01. The third-order valence-corrected chi connectivity index (χ3v) is 4.14. The van der Waals surface area contributed by atoms with Gasteiger partial charge in [0.25, 0.3) is 0 Å². The first-order valence-electron chi connectivity index (χ1n) is 7.87. The summed E-state index contributed by atoms with van der Waals surface area (Å²) in [5.41, 5.74) is 3.06. The molecule has 0 spiro atoms. The van der Waals surface area contributed by atoms with Crippen LogP contribution >= 0.6 is 0 Å². The molecule has 0 saturated carbocycles. The van der Waals surface area contributed by atoms with Crippen LogP contribution in [-0.2, 0) is 9.59 Å². The van der Waals surface area contributed by atoms with Gasteiger partial charge in [-0.1, -0.05) is 25.1 Å². The summed E-state index contributed by atoms with van der Waals surface area (Å²) < 4.78 is 0. The van der Waals surface area contributed by atoms with Gasteiger partial charge in [-0.3, -0.25) is 14.5 Å². The lowest BCUT2D eigenvalue weighted by atomic mass is 10.1.